The first-order valence-corrected chi connectivity index (χ1v) is 13.8. The lowest BCUT2D eigenvalue weighted by Gasteiger charge is -2.22. The second-order valence-corrected chi connectivity index (χ2v) is 10.1. The summed E-state index contributed by atoms with van der Waals surface area (Å²) in [5, 5.41) is 7.96. The number of halogens is 1. The van der Waals surface area contributed by atoms with Crippen molar-refractivity contribution >= 4 is 40.6 Å². The van der Waals surface area contributed by atoms with Gasteiger partial charge in [-0.05, 0) is 79.8 Å². The zero-order valence-electron chi connectivity index (χ0n) is 22.0. The number of amides is 1. The summed E-state index contributed by atoms with van der Waals surface area (Å²) in [6.07, 6.45) is 10.5. The molecule has 4 nitrogen and oxygen atoms in total. The van der Waals surface area contributed by atoms with Crippen molar-refractivity contribution in [3.8, 4) is 0 Å². The van der Waals surface area contributed by atoms with E-state index in [2.05, 4.69) is 77.4 Å². The Kier molecular flexibility index (Phi) is 10.2. The lowest BCUT2D eigenvalue weighted by molar-refractivity contribution is -0.116. The Labute approximate surface area is 232 Å². The average molecular weight is 528 g/mol. The minimum atomic E-state index is 0. The van der Waals surface area contributed by atoms with E-state index in [0.29, 0.717) is 6.42 Å². The van der Waals surface area contributed by atoms with Crippen molar-refractivity contribution in [1.82, 2.24) is 4.98 Å². The van der Waals surface area contributed by atoms with Gasteiger partial charge >= 0.3 is 0 Å². The molecule has 38 heavy (non-hydrogen) atoms. The monoisotopic (exact) mass is 527 g/mol. The van der Waals surface area contributed by atoms with Gasteiger partial charge in [-0.25, -0.2) is 0 Å². The van der Waals surface area contributed by atoms with Crippen LogP contribution in [0.1, 0.15) is 67.3 Å². The van der Waals surface area contributed by atoms with Crippen LogP contribution in [-0.4, -0.2) is 10.9 Å². The van der Waals surface area contributed by atoms with Gasteiger partial charge in [0.1, 0.15) is 0 Å². The molecule has 1 amide bonds. The highest BCUT2D eigenvalue weighted by atomic mass is 35.5. The highest BCUT2D eigenvalue weighted by Crippen LogP contribution is 2.35. The van der Waals surface area contributed by atoms with Crippen molar-refractivity contribution in [1.29, 1.82) is 0 Å². The van der Waals surface area contributed by atoms with Gasteiger partial charge in [-0.1, -0.05) is 73.5 Å². The number of nitrogens with zero attached hydrogens (tertiary/aromatic N) is 1. The van der Waals surface area contributed by atoms with E-state index in [1.54, 1.807) is 0 Å². The van der Waals surface area contributed by atoms with E-state index in [1.807, 2.05) is 12.1 Å². The number of aromatic nitrogens is 1. The van der Waals surface area contributed by atoms with Crippen LogP contribution in [0.25, 0.3) is 10.9 Å². The number of hydrogen-bond donors (Lipinski definition) is 2. The maximum Gasteiger partial charge on any atom is 0.224 e. The van der Waals surface area contributed by atoms with Gasteiger partial charge in [0.25, 0.3) is 0 Å². The van der Waals surface area contributed by atoms with Gasteiger partial charge in [-0.2, -0.15) is 0 Å². The summed E-state index contributed by atoms with van der Waals surface area (Å²) < 4.78 is 0. The average Bonchev–Trinajstić information content (AvgIpc) is 2.94. The topological polar surface area (TPSA) is 54.0 Å². The van der Waals surface area contributed by atoms with Crippen LogP contribution in [0.3, 0.4) is 0 Å². The van der Waals surface area contributed by atoms with Crippen molar-refractivity contribution < 1.29 is 4.79 Å². The Morgan fingerprint density at radius 2 is 1.50 bits per heavy atom. The third-order valence-electron chi connectivity index (χ3n) is 7.32. The predicted molar refractivity (Wildman–Crippen MR) is 161 cm³/mol. The highest BCUT2D eigenvalue weighted by Gasteiger charge is 2.18. The molecule has 0 unspecified atom stereocenters. The Hall–Kier alpha value is -3.37. The lowest BCUT2D eigenvalue weighted by Crippen LogP contribution is -2.13. The Morgan fingerprint density at radius 1 is 0.789 bits per heavy atom. The van der Waals surface area contributed by atoms with Crippen molar-refractivity contribution in [3.63, 3.8) is 0 Å². The largest absolute Gasteiger partial charge is 0.380 e. The van der Waals surface area contributed by atoms with Crippen molar-refractivity contribution in [2.45, 2.75) is 70.8 Å². The van der Waals surface area contributed by atoms with Crippen LogP contribution >= 0.6 is 12.4 Å². The van der Waals surface area contributed by atoms with E-state index in [9.17, 15) is 4.79 Å². The maximum atomic E-state index is 12.7. The number of benzene rings is 3. The molecule has 0 aliphatic heterocycles. The molecule has 5 rings (SSSR count). The first-order valence-electron chi connectivity index (χ1n) is 13.8. The molecule has 0 saturated carbocycles. The number of aryl methyl sites for hydroxylation is 2. The molecule has 1 heterocycles. The molecule has 0 fully saturated rings. The fourth-order valence-corrected chi connectivity index (χ4v) is 5.33. The van der Waals surface area contributed by atoms with Gasteiger partial charge in [0.15, 0.2) is 0 Å². The van der Waals surface area contributed by atoms with E-state index < -0.39 is 0 Å². The van der Waals surface area contributed by atoms with Gasteiger partial charge in [0.2, 0.25) is 5.91 Å². The van der Waals surface area contributed by atoms with Crippen LogP contribution in [0.4, 0.5) is 11.4 Å². The van der Waals surface area contributed by atoms with Gasteiger partial charge in [-0.3, -0.25) is 9.78 Å². The van der Waals surface area contributed by atoms with Crippen LogP contribution < -0.4 is 10.6 Å². The van der Waals surface area contributed by atoms with Crippen molar-refractivity contribution in [2.75, 3.05) is 10.6 Å². The molecule has 4 aromatic rings. The number of hydrogen-bond acceptors (Lipinski definition) is 3. The zero-order valence-corrected chi connectivity index (χ0v) is 22.9. The Morgan fingerprint density at radius 3 is 2.29 bits per heavy atom. The maximum absolute atomic E-state index is 12.7. The summed E-state index contributed by atoms with van der Waals surface area (Å²) in [6.45, 7) is 0.771. The number of rotatable bonds is 11. The van der Waals surface area contributed by atoms with Crippen LogP contribution in [0.2, 0.25) is 0 Å². The van der Waals surface area contributed by atoms with E-state index in [4.69, 9.17) is 4.98 Å². The number of fused-ring (bicyclic) bond motifs is 2. The van der Waals surface area contributed by atoms with Crippen LogP contribution in [0.5, 0.6) is 0 Å². The molecule has 1 aliphatic carbocycles. The Bertz CT molecular complexity index is 1320. The molecule has 0 saturated heterocycles. The lowest BCUT2D eigenvalue weighted by atomic mass is 9.92. The summed E-state index contributed by atoms with van der Waals surface area (Å²) in [5.74, 6) is 0.0899. The molecule has 198 valence electrons. The molecule has 0 bridgehead atoms. The fourth-order valence-electron chi connectivity index (χ4n) is 5.33. The normalized spacial score (nSPS) is 12.4. The molecule has 1 aliphatic rings. The summed E-state index contributed by atoms with van der Waals surface area (Å²) >= 11 is 0. The molecular weight excluding hydrogens is 490 g/mol. The third kappa shape index (κ3) is 7.35. The standard InChI is InChI=1S/C33H37N3O.ClH/c37-32(20-10-2-1-5-13-25-14-6-3-7-15-25)35-27-21-22-31-29(23-27)33(28-18-11-12-19-30(28)36-31)34-24-26-16-8-4-9-17-26;/h3-4,6-9,14-17,21-23H,1-2,5,10-13,18-20,24H2,(H,34,36)(H,35,37);1H. The Balaban J connectivity index is 0.00000336. The van der Waals surface area contributed by atoms with Crippen molar-refractivity contribution in [3.05, 3.63) is 101 Å². The summed E-state index contributed by atoms with van der Waals surface area (Å²) in [4.78, 5) is 17.7. The first kappa shape index (κ1) is 27.7. The van der Waals surface area contributed by atoms with E-state index in [-0.39, 0.29) is 18.3 Å². The molecule has 1 aromatic heterocycles. The van der Waals surface area contributed by atoms with Crippen LogP contribution in [0, 0.1) is 0 Å². The van der Waals surface area contributed by atoms with Gasteiger partial charge in [0, 0.05) is 35.4 Å². The van der Waals surface area contributed by atoms with E-state index in [1.165, 1.54) is 47.3 Å². The number of unbranched alkanes of at least 4 members (excludes halogenated alkanes) is 3. The van der Waals surface area contributed by atoms with Gasteiger partial charge in [-0.15, -0.1) is 12.4 Å². The number of nitrogens with one attached hydrogen (secondary N) is 2. The molecule has 5 heteroatoms. The zero-order chi connectivity index (χ0) is 25.3. The molecule has 0 radical (unpaired) electrons. The minimum Gasteiger partial charge on any atom is -0.380 e. The molecule has 3 aromatic carbocycles. The molecule has 2 N–H and O–H groups in total. The third-order valence-corrected chi connectivity index (χ3v) is 7.32. The van der Waals surface area contributed by atoms with Crippen LogP contribution in [-0.2, 0) is 30.6 Å². The van der Waals surface area contributed by atoms with Crippen LogP contribution in [0.15, 0.2) is 78.9 Å². The smallest absolute Gasteiger partial charge is 0.224 e. The van der Waals surface area contributed by atoms with E-state index >= 15 is 0 Å². The second-order valence-electron chi connectivity index (χ2n) is 10.1. The quantitative estimate of drug-likeness (QED) is 0.193. The number of carbonyl (C=O) groups is 1. The fraction of sp³-hybridized carbons (Fsp3) is 0.333. The number of anilines is 2. The second kappa shape index (κ2) is 14.0. The highest BCUT2D eigenvalue weighted by molar-refractivity contribution is 5.99. The van der Waals surface area contributed by atoms with E-state index in [0.717, 1.165) is 61.7 Å². The predicted octanol–water partition coefficient (Wildman–Crippen LogP) is 8.28. The first-order chi connectivity index (χ1) is 18.3. The SMILES string of the molecule is Cl.O=C(CCCCCCc1ccccc1)Nc1ccc2nc3c(c(NCc4ccccc4)c2c1)CCCC3. The summed E-state index contributed by atoms with van der Waals surface area (Å²) in [6, 6.07) is 27.3. The minimum absolute atomic E-state index is 0. The number of carbonyl (C=O) groups excluding carboxylic acids is 1. The molecule has 0 spiro atoms. The molecular formula is C33H38ClN3O. The van der Waals surface area contributed by atoms with Crippen molar-refractivity contribution in [2.24, 2.45) is 0 Å². The summed E-state index contributed by atoms with van der Waals surface area (Å²) in [5.41, 5.74) is 8.23. The summed E-state index contributed by atoms with van der Waals surface area (Å²) in [7, 11) is 0. The number of pyridine rings is 1. The van der Waals surface area contributed by atoms with Gasteiger partial charge in [0.05, 0.1) is 5.52 Å². The van der Waals surface area contributed by atoms with Gasteiger partial charge < -0.3 is 10.6 Å². The molecule has 0 atom stereocenters.